The van der Waals surface area contributed by atoms with Gasteiger partial charge in [-0.3, -0.25) is 4.79 Å². The highest BCUT2D eigenvalue weighted by Gasteiger charge is 2.29. The molecular weight excluding hydrogens is 252 g/mol. The minimum absolute atomic E-state index is 0.00827. The lowest BCUT2D eigenvalue weighted by molar-refractivity contribution is -0.152. The second-order valence-corrected chi connectivity index (χ2v) is 5.69. The first-order valence-electron chi connectivity index (χ1n) is 5.44. The normalized spacial score (nSPS) is 11.1. The zero-order valence-electron chi connectivity index (χ0n) is 10.8. The van der Waals surface area contributed by atoms with Gasteiger partial charge in [-0.2, -0.15) is 0 Å². The van der Waals surface area contributed by atoms with E-state index in [-0.39, 0.29) is 5.12 Å². The number of aliphatic carboxylic acids is 1. The van der Waals surface area contributed by atoms with Gasteiger partial charge in [0.25, 0.3) is 0 Å². The second kappa shape index (κ2) is 5.44. The lowest BCUT2D eigenvalue weighted by Gasteiger charge is -2.22. The van der Waals surface area contributed by atoms with Crippen LogP contribution in [0.2, 0.25) is 0 Å². The molecule has 0 atom stereocenters. The minimum atomic E-state index is -1.28. The van der Waals surface area contributed by atoms with Crippen LogP contribution in [0.5, 0.6) is 5.75 Å². The SMILES string of the molecule is CC(=O)Sc1ccc(OC(C)(C)C(=O)O)c(C)c1. The summed E-state index contributed by atoms with van der Waals surface area (Å²) in [7, 11) is 0. The summed E-state index contributed by atoms with van der Waals surface area (Å²) in [6.45, 7) is 6.30. The molecular formula is C13H16O4S. The van der Waals surface area contributed by atoms with Gasteiger partial charge in [0, 0.05) is 11.8 Å². The van der Waals surface area contributed by atoms with Gasteiger partial charge in [-0.25, -0.2) is 4.79 Å². The first-order valence-corrected chi connectivity index (χ1v) is 6.25. The Morgan fingerprint density at radius 3 is 2.39 bits per heavy atom. The van der Waals surface area contributed by atoms with Gasteiger partial charge in [-0.05, 0) is 44.5 Å². The van der Waals surface area contributed by atoms with Gasteiger partial charge >= 0.3 is 5.97 Å². The van der Waals surface area contributed by atoms with Crippen LogP contribution in [0.4, 0.5) is 0 Å². The monoisotopic (exact) mass is 268 g/mol. The van der Waals surface area contributed by atoms with Crippen LogP contribution in [0, 0.1) is 6.92 Å². The lowest BCUT2D eigenvalue weighted by atomic mass is 10.1. The largest absolute Gasteiger partial charge is 0.478 e. The Labute approximate surface area is 110 Å². The maximum absolute atomic E-state index is 11.0. The standard InChI is InChI=1S/C13H16O4S/c1-8-7-10(18-9(2)14)5-6-11(8)17-13(3,4)12(15)16/h5-7H,1-4H3,(H,15,16). The number of ether oxygens (including phenoxy) is 1. The zero-order valence-corrected chi connectivity index (χ0v) is 11.6. The molecule has 0 saturated carbocycles. The molecule has 0 saturated heterocycles. The van der Waals surface area contributed by atoms with Crippen LogP contribution in [0.1, 0.15) is 26.3 Å². The summed E-state index contributed by atoms with van der Waals surface area (Å²) in [6.07, 6.45) is 0. The molecule has 0 heterocycles. The van der Waals surface area contributed by atoms with E-state index in [0.717, 1.165) is 22.2 Å². The predicted molar refractivity (Wildman–Crippen MR) is 70.1 cm³/mol. The number of carbonyl (C=O) groups excluding carboxylic acids is 1. The summed E-state index contributed by atoms with van der Waals surface area (Å²) in [6, 6.07) is 5.23. The number of carbonyl (C=O) groups is 2. The Hall–Kier alpha value is -1.49. The summed E-state index contributed by atoms with van der Waals surface area (Å²) in [5.41, 5.74) is -0.476. The van der Waals surface area contributed by atoms with Crippen molar-refractivity contribution in [3.05, 3.63) is 23.8 Å². The fourth-order valence-corrected chi connectivity index (χ4v) is 1.99. The molecule has 0 fully saturated rings. The van der Waals surface area contributed by atoms with E-state index in [2.05, 4.69) is 0 Å². The number of carboxylic acid groups (broad SMARTS) is 1. The average Bonchev–Trinajstić information content (AvgIpc) is 2.21. The molecule has 18 heavy (non-hydrogen) atoms. The van der Waals surface area contributed by atoms with Crippen molar-refractivity contribution in [2.45, 2.75) is 38.2 Å². The second-order valence-electron chi connectivity index (χ2n) is 4.44. The van der Waals surface area contributed by atoms with Crippen molar-refractivity contribution in [1.82, 2.24) is 0 Å². The third kappa shape index (κ3) is 3.77. The van der Waals surface area contributed by atoms with Crippen molar-refractivity contribution >= 4 is 22.8 Å². The maximum Gasteiger partial charge on any atom is 0.347 e. The molecule has 1 N–H and O–H groups in total. The van der Waals surface area contributed by atoms with E-state index in [1.165, 1.54) is 20.8 Å². The van der Waals surface area contributed by atoms with E-state index in [1.807, 2.05) is 6.92 Å². The van der Waals surface area contributed by atoms with Crippen molar-refractivity contribution in [1.29, 1.82) is 0 Å². The van der Waals surface area contributed by atoms with Crippen LogP contribution >= 0.6 is 11.8 Å². The van der Waals surface area contributed by atoms with Crippen LogP contribution in [0.25, 0.3) is 0 Å². The fraction of sp³-hybridized carbons (Fsp3) is 0.385. The number of hydrogen-bond acceptors (Lipinski definition) is 4. The Morgan fingerprint density at radius 2 is 1.94 bits per heavy atom. The smallest absolute Gasteiger partial charge is 0.347 e. The van der Waals surface area contributed by atoms with Gasteiger partial charge in [-0.15, -0.1) is 0 Å². The summed E-state index contributed by atoms with van der Waals surface area (Å²) in [5.74, 6) is -0.514. The number of carboxylic acids is 1. The Kier molecular flexibility index (Phi) is 4.40. The van der Waals surface area contributed by atoms with Gasteiger partial charge in [-0.1, -0.05) is 11.8 Å². The number of thioether (sulfide) groups is 1. The zero-order chi connectivity index (χ0) is 13.9. The van der Waals surface area contributed by atoms with E-state index in [4.69, 9.17) is 9.84 Å². The van der Waals surface area contributed by atoms with Crippen LogP contribution < -0.4 is 4.74 Å². The number of rotatable bonds is 4. The van der Waals surface area contributed by atoms with E-state index in [9.17, 15) is 9.59 Å². The van der Waals surface area contributed by atoms with Crippen molar-refractivity contribution in [3.8, 4) is 5.75 Å². The van der Waals surface area contributed by atoms with Gasteiger partial charge < -0.3 is 9.84 Å². The van der Waals surface area contributed by atoms with Crippen molar-refractivity contribution in [3.63, 3.8) is 0 Å². The van der Waals surface area contributed by atoms with Gasteiger partial charge in [0.05, 0.1) is 0 Å². The topological polar surface area (TPSA) is 63.6 Å². The van der Waals surface area contributed by atoms with Gasteiger partial charge in [0.15, 0.2) is 10.7 Å². The molecule has 0 aliphatic rings. The van der Waals surface area contributed by atoms with E-state index < -0.39 is 11.6 Å². The van der Waals surface area contributed by atoms with Crippen LogP contribution in [-0.4, -0.2) is 21.8 Å². The van der Waals surface area contributed by atoms with Crippen molar-refractivity contribution in [2.75, 3.05) is 0 Å². The summed E-state index contributed by atoms with van der Waals surface area (Å²) in [5, 5.41) is 9.00. The Balaban J connectivity index is 2.93. The highest BCUT2D eigenvalue weighted by Crippen LogP contribution is 2.28. The van der Waals surface area contributed by atoms with E-state index in [0.29, 0.717) is 5.75 Å². The first-order chi connectivity index (χ1) is 8.22. The van der Waals surface area contributed by atoms with Crippen molar-refractivity contribution in [2.24, 2.45) is 0 Å². The molecule has 1 aromatic carbocycles. The third-order valence-electron chi connectivity index (χ3n) is 2.29. The molecule has 0 aliphatic carbocycles. The van der Waals surface area contributed by atoms with Crippen LogP contribution in [0.15, 0.2) is 23.1 Å². The highest BCUT2D eigenvalue weighted by atomic mass is 32.2. The number of benzene rings is 1. The molecule has 0 aromatic heterocycles. The van der Waals surface area contributed by atoms with E-state index >= 15 is 0 Å². The minimum Gasteiger partial charge on any atom is -0.478 e. The highest BCUT2D eigenvalue weighted by molar-refractivity contribution is 8.13. The Bertz CT molecular complexity index is 480. The molecule has 98 valence electrons. The molecule has 0 spiro atoms. The summed E-state index contributed by atoms with van der Waals surface area (Å²) in [4.78, 5) is 22.8. The quantitative estimate of drug-likeness (QED) is 0.851. The molecule has 1 aromatic rings. The van der Waals surface area contributed by atoms with Crippen LogP contribution in [0.3, 0.4) is 0 Å². The maximum atomic E-state index is 11.0. The van der Waals surface area contributed by atoms with Gasteiger partial charge in [0.1, 0.15) is 5.75 Å². The van der Waals surface area contributed by atoms with E-state index in [1.54, 1.807) is 18.2 Å². The molecule has 5 heteroatoms. The first kappa shape index (κ1) is 14.6. The summed E-state index contributed by atoms with van der Waals surface area (Å²) >= 11 is 1.13. The predicted octanol–water partition coefficient (Wildman–Crippen LogP) is 2.88. The number of hydrogen-bond donors (Lipinski definition) is 1. The Morgan fingerprint density at radius 1 is 1.33 bits per heavy atom. The van der Waals surface area contributed by atoms with Crippen LogP contribution in [-0.2, 0) is 9.59 Å². The van der Waals surface area contributed by atoms with Gasteiger partial charge in [0.2, 0.25) is 0 Å². The average molecular weight is 268 g/mol. The molecule has 0 aliphatic heterocycles. The lowest BCUT2D eigenvalue weighted by Crippen LogP contribution is -2.38. The third-order valence-corrected chi connectivity index (χ3v) is 3.07. The molecule has 0 unspecified atom stereocenters. The van der Waals surface area contributed by atoms with Crippen molar-refractivity contribution < 1.29 is 19.4 Å². The molecule has 4 nitrogen and oxygen atoms in total. The summed E-state index contributed by atoms with van der Waals surface area (Å²) < 4.78 is 5.46. The molecule has 0 bridgehead atoms. The fourth-order valence-electron chi connectivity index (χ4n) is 1.28. The number of aryl methyl sites for hydroxylation is 1. The molecule has 0 amide bonds. The molecule has 1 rings (SSSR count). The molecule has 0 radical (unpaired) electrons.